The summed E-state index contributed by atoms with van der Waals surface area (Å²) < 4.78 is 0. The van der Waals surface area contributed by atoms with Crippen LogP contribution in [0.5, 0.6) is 0 Å². The fraction of sp³-hybridized carbons (Fsp3) is 0.789. The SMILES string of the molecule is C#CC1CCC(C2CCC(CCCC=C)CC2)CC1. The first kappa shape index (κ1) is 14.7. The molecule has 2 aliphatic rings. The highest BCUT2D eigenvalue weighted by atomic mass is 14.3. The van der Waals surface area contributed by atoms with E-state index in [4.69, 9.17) is 6.42 Å². The lowest BCUT2D eigenvalue weighted by Gasteiger charge is -2.37. The van der Waals surface area contributed by atoms with Gasteiger partial charge in [-0.15, -0.1) is 18.9 Å². The highest BCUT2D eigenvalue weighted by Crippen LogP contribution is 2.42. The summed E-state index contributed by atoms with van der Waals surface area (Å²) in [5.74, 6) is 6.58. The second kappa shape index (κ2) is 7.78. The molecule has 0 atom stereocenters. The van der Waals surface area contributed by atoms with Gasteiger partial charge in [0.15, 0.2) is 0 Å². The number of hydrogen-bond acceptors (Lipinski definition) is 0. The number of hydrogen-bond donors (Lipinski definition) is 0. The molecule has 0 radical (unpaired) electrons. The summed E-state index contributed by atoms with van der Waals surface area (Å²) in [6, 6.07) is 0. The maximum atomic E-state index is 5.55. The lowest BCUT2D eigenvalue weighted by molar-refractivity contribution is 0.153. The van der Waals surface area contributed by atoms with E-state index in [0.29, 0.717) is 5.92 Å². The summed E-state index contributed by atoms with van der Waals surface area (Å²) >= 11 is 0. The first-order valence-corrected chi connectivity index (χ1v) is 8.40. The van der Waals surface area contributed by atoms with Crippen LogP contribution in [0.15, 0.2) is 12.7 Å². The van der Waals surface area contributed by atoms with Crippen molar-refractivity contribution in [2.45, 2.75) is 70.6 Å². The van der Waals surface area contributed by atoms with E-state index in [1.54, 1.807) is 0 Å². The van der Waals surface area contributed by atoms with Crippen LogP contribution >= 0.6 is 0 Å². The van der Waals surface area contributed by atoms with Crippen molar-refractivity contribution in [1.29, 1.82) is 0 Å². The standard InChI is InChI=1S/C19H30/c1-3-5-6-7-17-10-14-19(15-11-17)18-12-8-16(4-2)9-13-18/h2-3,16-19H,1,5-15H2. The lowest BCUT2D eigenvalue weighted by Crippen LogP contribution is -2.25. The van der Waals surface area contributed by atoms with E-state index in [9.17, 15) is 0 Å². The van der Waals surface area contributed by atoms with Gasteiger partial charge in [0.05, 0.1) is 0 Å². The zero-order valence-corrected chi connectivity index (χ0v) is 12.4. The van der Waals surface area contributed by atoms with Gasteiger partial charge in [-0.05, 0) is 69.1 Å². The van der Waals surface area contributed by atoms with E-state index in [-0.39, 0.29) is 0 Å². The van der Waals surface area contributed by atoms with Crippen LogP contribution in [0.4, 0.5) is 0 Å². The average molecular weight is 258 g/mol. The van der Waals surface area contributed by atoms with Gasteiger partial charge in [0.25, 0.3) is 0 Å². The molecule has 0 aliphatic heterocycles. The fourth-order valence-electron chi connectivity index (χ4n) is 4.26. The summed E-state index contributed by atoms with van der Waals surface area (Å²) in [6.45, 7) is 3.82. The summed E-state index contributed by atoms with van der Waals surface area (Å²) in [5, 5.41) is 0. The Morgan fingerprint density at radius 1 is 0.947 bits per heavy atom. The molecule has 0 heterocycles. The third kappa shape index (κ3) is 4.41. The summed E-state index contributed by atoms with van der Waals surface area (Å²) in [7, 11) is 0. The van der Waals surface area contributed by atoms with Crippen LogP contribution in [0.3, 0.4) is 0 Å². The van der Waals surface area contributed by atoms with Crippen molar-refractivity contribution in [2.75, 3.05) is 0 Å². The summed E-state index contributed by atoms with van der Waals surface area (Å²) in [6.07, 6.45) is 22.9. The van der Waals surface area contributed by atoms with Crippen molar-refractivity contribution >= 4 is 0 Å². The molecule has 2 fully saturated rings. The van der Waals surface area contributed by atoms with Gasteiger partial charge in [-0.1, -0.05) is 25.3 Å². The van der Waals surface area contributed by atoms with Gasteiger partial charge < -0.3 is 0 Å². The van der Waals surface area contributed by atoms with Gasteiger partial charge in [-0.3, -0.25) is 0 Å². The predicted octanol–water partition coefficient (Wildman–Crippen LogP) is 5.59. The Bertz CT molecular complexity index is 292. The first-order valence-electron chi connectivity index (χ1n) is 8.40. The highest BCUT2D eigenvalue weighted by molar-refractivity contribution is 4.96. The topological polar surface area (TPSA) is 0 Å². The minimum Gasteiger partial charge on any atom is -0.120 e. The van der Waals surface area contributed by atoms with Crippen LogP contribution in [0.25, 0.3) is 0 Å². The maximum absolute atomic E-state index is 5.55. The molecule has 0 aromatic carbocycles. The van der Waals surface area contributed by atoms with E-state index < -0.39 is 0 Å². The second-order valence-corrected chi connectivity index (χ2v) is 6.78. The van der Waals surface area contributed by atoms with Crippen LogP contribution in [-0.2, 0) is 0 Å². The lowest BCUT2D eigenvalue weighted by atomic mass is 9.69. The zero-order chi connectivity index (χ0) is 13.5. The molecule has 0 heteroatoms. The van der Waals surface area contributed by atoms with Crippen molar-refractivity contribution in [3.63, 3.8) is 0 Å². The van der Waals surface area contributed by atoms with E-state index in [1.165, 1.54) is 70.6 Å². The van der Waals surface area contributed by atoms with Gasteiger partial charge in [-0.2, -0.15) is 0 Å². The van der Waals surface area contributed by atoms with E-state index >= 15 is 0 Å². The van der Waals surface area contributed by atoms with Gasteiger partial charge in [-0.25, -0.2) is 0 Å². The van der Waals surface area contributed by atoms with E-state index in [1.807, 2.05) is 0 Å². The molecule has 106 valence electrons. The Kier molecular flexibility index (Phi) is 6.02. The van der Waals surface area contributed by atoms with Crippen molar-refractivity contribution < 1.29 is 0 Å². The zero-order valence-electron chi connectivity index (χ0n) is 12.4. The highest BCUT2D eigenvalue weighted by Gasteiger charge is 2.30. The molecule has 0 bridgehead atoms. The molecule has 0 aromatic heterocycles. The molecular weight excluding hydrogens is 228 g/mol. The largest absolute Gasteiger partial charge is 0.120 e. The van der Waals surface area contributed by atoms with Crippen molar-refractivity contribution in [3.05, 3.63) is 12.7 Å². The van der Waals surface area contributed by atoms with Gasteiger partial charge in [0, 0.05) is 5.92 Å². The van der Waals surface area contributed by atoms with Gasteiger partial charge >= 0.3 is 0 Å². The molecule has 0 spiro atoms. The van der Waals surface area contributed by atoms with Crippen molar-refractivity contribution in [1.82, 2.24) is 0 Å². The molecule has 0 aromatic rings. The predicted molar refractivity (Wildman–Crippen MR) is 83.8 cm³/mol. The molecular formula is C19H30. The van der Waals surface area contributed by atoms with Gasteiger partial charge in [0.1, 0.15) is 0 Å². The van der Waals surface area contributed by atoms with Crippen LogP contribution < -0.4 is 0 Å². The smallest absolute Gasteiger partial charge is 0.0200 e. The Balaban J connectivity index is 1.66. The Morgan fingerprint density at radius 2 is 1.53 bits per heavy atom. The van der Waals surface area contributed by atoms with E-state index in [2.05, 4.69) is 18.6 Å². The van der Waals surface area contributed by atoms with Crippen LogP contribution in [0.2, 0.25) is 0 Å². The van der Waals surface area contributed by atoms with Crippen LogP contribution in [0.1, 0.15) is 70.6 Å². The third-order valence-electron chi connectivity index (χ3n) is 5.59. The maximum Gasteiger partial charge on any atom is 0.0200 e. The minimum absolute atomic E-state index is 0.589. The molecule has 2 rings (SSSR count). The number of rotatable bonds is 5. The number of allylic oxidation sites excluding steroid dienone is 1. The molecule has 0 unspecified atom stereocenters. The number of terminal acetylenes is 1. The Hall–Kier alpha value is -0.700. The third-order valence-corrected chi connectivity index (χ3v) is 5.59. The van der Waals surface area contributed by atoms with Crippen molar-refractivity contribution in [2.24, 2.45) is 23.7 Å². The summed E-state index contributed by atoms with van der Waals surface area (Å²) in [4.78, 5) is 0. The minimum atomic E-state index is 0.589. The summed E-state index contributed by atoms with van der Waals surface area (Å²) in [5.41, 5.74) is 0. The second-order valence-electron chi connectivity index (χ2n) is 6.78. The number of unbranched alkanes of at least 4 members (excludes halogenated alkanes) is 1. The van der Waals surface area contributed by atoms with Crippen molar-refractivity contribution in [3.8, 4) is 12.3 Å². The molecule has 2 aliphatic carbocycles. The van der Waals surface area contributed by atoms with Gasteiger partial charge in [0.2, 0.25) is 0 Å². The Labute approximate surface area is 120 Å². The van der Waals surface area contributed by atoms with Crippen LogP contribution in [0, 0.1) is 36.0 Å². The monoisotopic (exact) mass is 258 g/mol. The first-order chi connectivity index (χ1) is 9.33. The normalized spacial score (nSPS) is 35.5. The van der Waals surface area contributed by atoms with E-state index in [0.717, 1.165) is 17.8 Å². The Morgan fingerprint density at radius 3 is 2.05 bits per heavy atom. The average Bonchev–Trinajstić information content (AvgIpc) is 2.48. The van der Waals surface area contributed by atoms with Crippen LogP contribution in [-0.4, -0.2) is 0 Å². The molecule has 0 saturated heterocycles. The molecule has 0 N–H and O–H groups in total. The quantitative estimate of drug-likeness (QED) is 0.342. The molecule has 19 heavy (non-hydrogen) atoms. The molecule has 2 saturated carbocycles. The molecule has 0 nitrogen and oxygen atoms in total. The fourth-order valence-corrected chi connectivity index (χ4v) is 4.26. The molecule has 0 amide bonds.